The first kappa shape index (κ1) is 31.6. The van der Waals surface area contributed by atoms with E-state index in [1.807, 2.05) is 34.9 Å². The number of hydrogen-bond acceptors (Lipinski definition) is 6. The third-order valence-electron chi connectivity index (χ3n) is 7.02. The predicted octanol–water partition coefficient (Wildman–Crippen LogP) is 3.42. The molecule has 0 aliphatic heterocycles. The molecule has 0 aliphatic rings. The number of hydrogen-bond donors (Lipinski definition) is 2. The smallest absolute Gasteiger partial charge is 0.407 e. The number of benzene rings is 2. The van der Waals surface area contributed by atoms with Crippen molar-refractivity contribution in [2.24, 2.45) is 5.92 Å². The highest BCUT2D eigenvalue weighted by Crippen LogP contribution is 2.20. The number of likely N-dealkylation sites (N-methyl/N-ethyl adjacent to an activating group) is 1. The van der Waals surface area contributed by atoms with Gasteiger partial charge in [0.2, 0.25) is 11.8 Å². The lowest BCUT2D eigenvalue weighted by Crippen LogP contribution is -2.37. The molecule has 4 aromatic rings. The van der Waals surface area contributed by atoms with Crippen molar-refractivity contribution in [1.82, 2.24) is 28.9 Å². The number of carbonyl (C=O) groups excluding carboxylic acids is 2. The number of fused-ring (bicyclic) bond motifs is 1. The van der Waals surface area contributed by atoms with Gasteiger partial charge in [0.15, 0.2) is 0 Å². The summed E-state index contributed by atoms with van der Waals surface area (Å²) in [6.07, 6.45) is 4.92. The summed E-state index contributed by atoms with van der Waals surface area (Å²) in [6, 6.07) is 14.0. The van der Waals surface area contributed by atoms with Gasteiger partial charge >= 0.3 is 6.09 Å². The van der Waals surface area contributed by atoms with Crippen molar-refractivity contribution in [1.29, 1.82) is 0 Å². The van der Waals surface area contributed by atoms with Gasteiger partial charge in [0.1, 0.15) is 17.3 Å². The zero-order valence-corrected chi connectivity index (χ0v) is 24.7. The topological polar surface area (TPSA) is 143 Å². The fraction of sp³-hybridized carbons (Fsp3) is 0.290. The van der Waals surface area contributed by atoms with Crippen LogP contribution >= 0.6 is 0 Å². The molecule has 2 N–H and O–H groups in total. The largest absolute Gasteiger partial charge is 0.465 e. The van der Waals surface area contributed by atoms with E-state index in [9.17, 15) is 28.7 Å². The van der Waals surface area contributed by atoms with Crippen molar-refractivity contribution in [3.63, 3.8) is 0 Å². The third kappa shape index (κ3) is 7.94. The average Bonchev–Trinajstić information content (AvgIpc) is 3.31. The van der Waals surface area contributed by atoms with Crippen molar-refractivity contribution in [2.45, 2.75) is 25.9 Å². The number of aromatic nitrogens is 4. The Kier molecular flexibility index (Phi) is 10.2. The monoisotopic (exact) mass is 603 g/mol. The number of carbonyl (C=O) groups is 3. The van der Waals surface area contributed by atoms with E-state index < -0.39 is 29.3 Å². The minimum absolute atomic E-state index is 0.00540. The number of halogens is 1. The van der Waals surface area contributed by atoms with Crippen molar-refractivity contribution < 1.29 is 23.9 Å². The summed E-state index contributed by atoms with van der Waals surface area (Å²) in [5.74, 6) is -1.53. The van der Waals surface area contributed by atoms with Crippen LogP contribution in [-0.4, -0.2) is 79.6 Å². The predicted molar refractivity (Wildman–Crippen MR) is 163 cm³/mol. The van der Waals surface area contributed by atoms with Crippen LogP contribution in [0.3, 0.4) is 0 Å². The summed E-state index contributed by atoms with van der Waals surface area (Å²) in [5, 5.41) is 12.0. The molecule has 0 unspecified atom stereocenters. The molecule has 0 radical (unpaired) electrons. The number of nitrogens with one attached hydrogen (secondary N) is 1. The summed E-state index contributed by atoms with van der Waals surface area (Å²) in [6.45, 7) is 0.310. The summed E-state index contributed by atoms with van der Waals surface area (Å²) in [7, 11) is 4.58. The average molecular weight is 604 g/mol. The zero-order chi connectivity index (χ0) is 31.8. The molecule has 1 atom stereocenters. The molecule has 2 aromatic carbocycles. The standard InChI is InChI=1S/C31H34FN7O5/c1-36(2)28(40)12-8-7-11-22(18-37(3)31(43)44)29(41)35-25-16-33-20-38(30(25)42)19-27-34-24-15-23(32)13-14-26(24)39(27)17-21-9-5-4-6-10-21/h4-6,8-10,12-16,20,22H,7,11,17-19H2,1-3H3,(H,35,41)(H,43,44)/b12-8+/t22-/m0/s1. The molecule has 0 bridgehead atoms. The van der Waals surface area contributed by atoms with E-state index in [-0.39, 0.29) is 31.1 Å². The lowest BCUT2D eigenvalue weighted by atomic mass is 10.0. The Hall–Kier alpha value is -5.33. The molecular weight excluding hydrogens is 569 g/mol. The van der Waals surface area contributed by atoms with Crippen LogP contribution in [0.1, 0.15) is 24.2 Å². The van der Waals surface area contributed by atoms with Crippen molar-refractivity contribution in [2.75, 3.05) is 33.0 Å². The van der Waals surface area contributed by atoms with E-state index in [1.165, 1.54) is 47.2 Å². The summed E-state index contributed by atoms with van der Waals surface area (Å²) in [5.41, 5.74) is 1.49. The van der Waals surface area contributed by atoms with Crippen LogP contribution in [0, 0.1) is 11.7 Å². The fourth-order valence-corrected chi connectivity index (χ4v) is 4.60. The lowest BCUT2D eigenvalue weighted by Gasteiger charge is -2.21. The van der Waals surface area contributed by atoms with Gasteiger partial charge in [-0.15, -0.1) is 0 Å². The molecule has 12 nitrogen and oxygen atoms in total. The van der Waals surface area contributed by atoms with Gasteiger partial charge in [-0.3, -0.25) is 19.0 Å². The Balaban J connectivity index is 1.57. The minimum Gasteiger partial charge on any atom is -0.465 e. The summed E-state index contributed by atoms with van der Waals surface area (Å²) >= 11 is 0. The molecule has 0 spiro atoms. The molecule has 13 heteroatoms. The molecule has 0 saturated carbocycles. The van der Waals surface area contributed by atoms with Gasteiger partial charge in [-0.1, -0.05) is 36.4 Å². The zero-order valence-electron chi connectivity index (χ0n) is 24.7. The van der Waals surface area contributed by atoms with Crippen molar-refractivity contribution in [3.8, 4) is 0 Å². The normalized spacial score (nSPS) is 11.9. The van der Waals surface area contributed by atoms with Gasteiger partial charge < -0.3 is 24.8 Å². The molecule has 0 aliphatic carbocycles. The highest BCUT2D eigenvalue weighted by molar-refractivity contribution is 5.92. The molecule has 44 heavy (non-hydrogen) atoms. The van der Waals surface area contributed by atoms with Crippen LogP contribution in [0.4, 0.5) is 14.9 Å². The Morgan fingerprint density at radius 1 is 1.09 bits per heavy atom. The van der Waals surface area contributed by atoms with Gasteiger partial charge in [0.25, 0.3) is 5.56 Å². The van der Waals surface area contributed by atoms with Crippen LogP contribution < -0.4 is 10.9 Å². The van der Waals surface area contributed by atoms with Crippen LogP contribution in [0.2, 0.25) is 0 Å². The van der Waals surface area contributed by atoms with Gasteiger partial charge in [-0.05, 0) is 36.6 Å². The maximum Gasteiger partial charge on any atom is 0.407 e. The maximum absolute atomic E-state index is 14.0. The third-order valence-corrected chi connectivity index (χ3v) is 7.02. The first-order chi connectivity index (χ1) is 21.0. The van der Waals surface area contributed by atoms with Gasteiger partial charge in [-0.2, -0.15) is 0 Å². The van der Waals surface area contributed by atoms with Crippen LogP contribution in [0.25, 0.3) is 11.0 Å². The molecule has 230 valence electrons. The van der Waals surface area contributed by atoms with E-state index in [2.05, 4.69) is 15.3 Å². The molecule has 2 aromatic heterocycles. The maximum atomic E-state index is 14.0. The summed E-state index contributed by atoms with van der Waals surface area (Å²) < 4.78 is 17.2. The molecule has 4 rings (SSSR count). The van der Waals surface area contributed by atoms with Gasteiger partial charge in [-0.25, -0.2) is 19.2 Å². The van der Waals surface area contributed by atoms with E-state index in [4.69, 9.17) is 0 Å². The van der Waals surface area contributed by atoms with Gasteiger partial charge in [0, 0.05) is 40.3 Å². The number of nitrogens with zero attached hydrogens (tertiary/aromatic N) is 6. The van der Waals surface area contributed by atoms with Gasteiger partial charge in [0.05, 0.1) is 36.0 Å². The first-order valence-electron chi connectivity index (χ1n) is 13.9. The van der Waals surface area contributed by atoms with E-state index in [0.29, 0.717) is 29.8 Å². The highest BCUT2D eigenvalue weighted by atomic mass is 19.1. The quantitative estimate of drug-likeness (QED) is 0.236. The number of imidazole rings is 1. The minimum atomic E-state index is -1.21. The molecule has 0 fully saturated rings. The number of allylic oxidation sites excluding steroid dienone is 1. The molecule has 3 amide bonds. The van der Waals surface area contributed by atoms with E-state index in [0.717, 1.165) is 10.5 Å². The number of amides is 3. The number of carboxylic acid groups (broad SMARTS) is 1. The van der Waals surface area contributed by atoms with Crippen LogP contribution in [-0.2, 0) is 22.7 Å². The highest BCUT2D eigenvalue weighted by Gasteiger charge is 2.23. The van der Waals surface area contributed by atoms with Crippen LogP contribution in [0.5, 0.6) is 0 Å². The van der Waals surface area contributed by atoms with Crippen molar-refractivity contribution in [3.05, 3.63) is 101 Å². The second-order valence-corrected chi connectivity index (χ2v) is 10.5. The second kappa shape index (κ2) is 14.2. The SMILES string of the molecule is CN(C)C(=O)/C=C/CC[C@@H](CN(C)C(=O)O)C(=O)Nc1cncn(Cc2nc3cc(F)ccc3n2Cc2ccccc2)c1=O. The fourth-order valence-electron chi connectivity index (χ4n) is 4.60. The Bertz CT molecular complexity index is 1730. The van der Waals surface area contributed by atoms with Crippen molar-refractivity contribution >= 4 is 34.6 Å². The Labute approximate surface area is 253 Å². The lowest BCUT2D eigenvalue weighted by molar-refractivity contribution is -0.123. The van der Waals surface area contributed by atoms with E-state index >= 15 is 0 Å². The Morgan fingerprint density at radius 3 is 2.55 bits per heavy atom. The Morgan fingerprint density at radius 2 is 1.84 bits per heavy atom. The molecular formula is C31H34FN7O5. The number of anilines is 1. The molecule has 2 heterocycles. The summed E-state index contributed by atoms with van der Waals surface area (Å²) in [4.78, 5) is 61.1. The first-order valence-corrected chi connectivity index (χ1v) is 13.9. The van der Waals surface area contributed by atoms with Crippen LogP contribution in [0.15, 0.2) is 78.0 Å². The molecule has 0 saturated heterocycles. The number of rotatable bonds is 12. The van der Waals surface area contributed by atoms with E-state index in [1.54, 1.807) is 26.2 Å². The second-order valence-electron chi connectivity index (χ2n) is 10.5.